The SMILES string of the molecule is CCCCCCC/C=C\C/C=C\CCCCCCCCCCCCCCCCCCCCCCCCCCCCCC(=O)OCC(O)COC(OCC[N+](C)(C)C)C(=O)[O-]. The van der Waals surface area contributed by atoms with Gasteiger partial charge in [0, 0.05) is 6.42 Å². The van der Waals surface area contributed by atoms with Crippen LogP contribution in [0.4, 0.5) is 0 Å². The minimum atomic E-state index is -1.57. The van der Waals surface area contributed by atoms with Crippen molar-refractivity contribution in [3.63, 3.8) is 0 Å². The van der Waals surface area contributed by atoms with Crippen molar-refractivity contribution in [3.05, 3.63) is 24.3 Å². The summed E-state index contributed by atoms with van der Waals surface area (Å²) >= 11 is 0. The van der Waals surface area contributed by atoms with E-state index in [4.69, 9.17) is 14.2 Å². The van der Waals surface area contributed by atoms with Gasteiger partial charge in [-0.2, -0.15) is 0 Å². The number of carbonyl (C=O) groups is 2. The van der Waals surface area contributed by atoms with Gasteiger partial charge in [0.1, 0.15) is 19.3 Å². The van der Waals surface area contributed by atoms with Crippen LogP contribution in [0.15, 0.2) is 24.3 Å². The summed E-state index contributed by atoms with van der Waals surface area (Å²) in [5.41, 5.74) is 0. The molecule has 0 heterocycles. The first-order chi connectivity index (χ1) is 29.2. The first kappa shape index (κ1) is 58.3. The number of hydrogen-bond donors (Lipinski definition) is 1. The molecular weight excluding hydrogens is 751 g/mol. The molecule has 0 rings (SSSR count). The van der Waals surface area contributed by atoms with Crippen molar-refractivity contribution in [2.75, 3.05) is 47.5 Å². The summed E-state index contributed by atoms with van der Waals surface area (Å²) in [5, 5.41) is 21.2. The summed E-state index contributed by atoms with van der Waals surface area (Å²) < 4.78 is 16.1. The van der Waals surface area contributed by atoms with Crippen LogP contribution in [0.25, 0.3) is 0 Å². The highest BCUT2D eigenvalue weighted by Gasteiger charge is 2.17. The Morgan fingerprint density at radius 2 is 0.883 bits per heavy atom. The van der Waals surface area contributed by atoms with Crippen LogP contribution >= 0.6 is 0 Å². The Morgan fingerprint density at radius 1 is 0.517 bits per heavy atom. The average Bonchev–Trinajstić information content (AvgIpc) is 3.21. The molecule has 0 aliphatic heterocycles. The number of unbranched alkanes of at least 4 members (excludes halogenated alkanes) is 32. The number of allylic oxidation sites excluding steroid dienone is 4. The summed E-state index contributed by atoms with van der Waals surface area (Å²) in [6, 6.07) is 0. The molecule has 0 spiro atoms. The number of carbonyl (C=O) groups excluding carboxylic acids is 2. The van der Waals surface area contributed by atoms with E-state index in [0.717, 1.165) is 25.7 Å². The predicted octanol–water partition coefficient (Wildman–Crippen LogP) is 12.9. The maximum atomic E-state index is 12.0. The zero-order chi connectivity index (χ0) is 44.0. The summed E-state index contributed by atoms with van der Waals surface area (Å²) in [7, 11) is 5.88. The highest BCUT2D eigenvalue weighted by molar-refractivity contribution is 5.69. The van der Waals surface area contributed by atoms with Crippen molar-refractivity contribution in [1.82, 2.24) is 0 Å². The van der Waals surface area contributed by atoms with Gasteiger partial charge < -0.3 is 33.7 Å². The molecule has 0 radical (unpaired) electrons. The Morgan fingerprint density at radius 3 is 1.25 bits per heavy atom. The third-order valence-electron chi connectivity index (χ3n) is 11.4. The number of aliphatic carboxylic acids is 1. The summed E-state index contributed by atoms with van der Waals surface area (Å²) in [4.78, 5) is 23.2. The minimum Gasteiger partial charge on any atom is -0.545 e. The van der Waals surface area contributed by atoms with Gasteiger partial charge in [-0.1, -0.05) is 217 Å². The van der Waals surface area contributed by atoms with Gasteiger partial charge in [-0.15, -0.1) is 0 Å². The van der Waals surface area contributed by atoms with Gasteiger partial charge in [0.2, 0.25) is 0 Å². The van der Waals surface area contributed by atoms with Gasteiger partial charge in [0.15, 0.2) is 6.29 Å². The van der Waals surface area contributed by atoms with Gasteiger partial charge in [0.05, 0.1) is 40.3 Å². The number of carboxylic acid groups (broad SMARTS) is 1. The Hall–Kier alpha value is -1.74. The molecule has 0 bridgehead atoms. The van der Waals surface area contributed by atoms with Crippen LogP contribution < -0.4 is 5.11 Å². The van der Waals surface area contributed by atoms with E-state index < -0.39 is 18.4 Å². The first-order valence-electron chi connectivity index (χ1n) is 25.5. The molecule has 0 saturated carbocycles. The van der Waals surface area contributed by atoms with Crippen molar-refractivity contribution in [1.29, 1.82) is 0 Å². The van der Waals surface area contributed by atoms with E-state index >= 15 is 0 Å². The van der Waals surface area contributed by atoms with E-state index in [1.54, 1.807) is 0 Å². The summed E-state index contributed by atoms with van der Waals surface area (Å²) in [5.74, 6) is -1.86. The number of nitrogens with zero attached hydrogens (tertiary/aromatic N) is 1. The lowest BCUT2D eigenvalue weighted by Crippen LogP contribution is -2.44. The van der Waals surface area contributed by atoms with Crippen LogP contribution in [0.2, 0.25) is 0 Å². The van der Waals surface area contributed by atoms with Crippen LogP contribution in [-0.4, -0.2) is 81.4 Å². The van der Waals surface area contributed by atoms with Gasteiger partial charge >= 0.3 is 5.97 Å². The molecule has 354 valence electrons. The minimum absolute atomic E-state index is 0.172. The lowest BCUT2D eigenvalue weighted by atomic mass is 10.0. The van der Waals surface area contributed by atoms with Gasteiger partial charge in [0.25, 0.3) is 0 Å². The largest absolute Gasteiger partial charge is 0.545 e. The number of likely N-dealkylation sites (N-methyl/N-ethyl adjacent to an activating group) is 1. The van der Waals surface area contributed by atoms with Gasteiger partial charge in [-0.3, -0.25) is 4.79 Å². The molecule has 8 heteroatoms. The first-order valence-corrected chi connectivity index (χ1v) is 25.5. The fourth-order valence-electron chi connectivity index (χ4n) is 7.45. The number of rotatable bonds is 48. The molecule has 60 heavy (non-hydrogen) atoms. The Bertz CT molecular complexity index is 978. The summed E-state index contributed by atoms with van der Waals surface area (Å²) in [6.07, 6.45) is 54.0. The number of carboxylic acids is 1. The molecular formula is C52H99NO7. The summed E-state index contributed by atoms with van der Waals surface area (Å²) in [6.45, 7) is 2.48. The molecule has 0 aliphatic rings. The van der Waals surface area contributed by atoms with Crippen LogP contribution in [0.5, 0.6) is 0 Å². The third-order valence-corrected chi connectivity index (χ3v) is 11.4. The lowest BCUT2D eigenvalue weighted by molar-refractivity contribution is -0.870. The molecule has 0 amide bonds. The van der Waals surface area contributed by atoms with E-state index in [1.807, 2.05) is 21.1 Å². The Balaban J connectivity index is 3.32. The number of quaternary nitrogens is 1. The zero-order valence-electron chi connectivity index (χ0n) is 40.1. The van der Waals surface area contributed by atoms with E-state index in [9.17, 15) is 19.8 Å². The molecule has 0 aromatic heterocycles. The molecule has 2 atom stereocenters. The second-order valence-corrected chi connectivity index (χ2v) is 18.7. The number of aliphatic hydroxyl groups excluding tert-OH is 1. The van der Waals surface area contributed by atoms with Gasteiger partial charge in [-0.05, 0) is 38.5 Å². The molecule has 8 nitrogen and oxygen atoms in total. The third kappa shape index (κ3) is 47.3. The number of esters is 1. The van der Waals surface area contributed by atoms with Crippen LogP contribution in [-0.2, 0) is 23.8 Å². The molecule has 0 aromatic carbocycles. The molecule has 0 fully saturated rings. The quantitative estimate of drug-likeness (QED) is 0.0214. The van der Waals surface area contributed by atoms with Crippen molar-refractivity contribution in [2.24, 2.45) is 0 Å². The maximum Gasteiger partial charge on any atom is 0.305 e. The fourth-order valence-corrected chi connectivity index (χ4v) is 7.45. The Kier molecular flexibility index (Phi) is 44.0. The Labute approximate surface area is 371 Å². The van der Waals surface area contributed by atoms with Crippen LogP contribution in [0.3, 0.4) is 0 Å². The van der Waals surface area contributed by atoms with Crippen LogP contribution in [0, 0.1) is 0 Å². The van der Waals surface area contributed by atoms with Gasteiger partial charge in [-0.25, -0.2) is 0 Å². The van der Waals surface area contributed by atoms with Crippen molar-refractivity contribution in [2.45, 2.75) is 250 Å². The second kappa shape index (κ2) is 45.3. The molecule has 0 aliphatic carbocycles. The highest BCUT2D eigenvalue weighted by Crippen LogP contribution is 2.17. The lowest BCUT2D eigenvalue weighted by Gasteiger charge is -2.26. The normalized spacial score (nSPS) is 13.2. The highest BCUT2D eigenvalue weighted by atomic mass is 16.7. The standard InChI is InChI=1S/C52H99NO7/c1-5-6-7-8-9-10-11-12-13-14-15-16-17-18-19-20-21-22-23-24-25-26-27-28-29-30-31-32-33-34-35-36-37-38-39-40-41-42-43-44-50(55)59-47-49(54)48-60-52(51(56)57)58-46-45-53(2,3)4/h11-12,14-15,49,52,54H,5-10,13,16-48H2,1-4H3/b12-11-,15-14-. The van der Waals surface area contributed by atoms with E-state index in [-0.39, 0.29) is 25.8 Å². The zero-order valence-corrected chi connectivity index (χ0v) is 40.1. The molecule has 2 unspecified atom stereocenters. The van der Waals surface area contributed by atoms with Crippen molar-refractivity contribution in [3.8, 4) is 0 Å². The van der Waals surface area contributed by atoms with E-state index in [0.29, 0.717) is 17.4 Å². The topological polar surface area (TPSA) is 105 Å². The predicted molar refractivity (Wildman–Crippen MR) is 251 cm³/mol. The van der Waals surface area contributed by atoms with Crippen molar-refractivity contribution >= 4 is 11.9 Å². The van der Waals surface area contributed by atoms with Crippen LogP contribution in [0.1, 0.15) is 238 Å². The number of ether oxygens (including phenoxy) is 3. The smallest absolute Gasteiger partial charge is 0.305 e. The number of aliphatic hydroxyl groups is 1. The van der Waals surface area contributed by atoms with Crippen molar-refractivity contribution < 1.29 is 38.5 Å². The van der Waals surface area contributed by atoms with E-state index in [1.165, 1.54) is 199 Å². The molecule has 0 aromatic rings. The second-order valence-electron chi connectivity index (χ2n) is 18.7. The molecule has 0 saturated heterocycles. The maximum absolute atomic E-state index is 12.0. The number of hydrogen-bond acceptors (Lipinski definition) is 7. The monoisotopic (exact) mass is 850 g/mol. The van der Waals surface area contributed by atoms with E-state index in [2.05, 4.69) is 31.2 Å². The average molecular weight is 850 g/mol. The molecule has 1 N–H and O–H groups in total. The fraction of sp³-hybridized carbons (Fsp3) is 0.885.